The zero-order valence-corrected chi connectivity index (χ0v) is 7.65. The van der Waals surface area contributed by atoms with Crippen molar-refractivity contribution in [1.29, 1.82) is 0 Å². The van der Waals surface area contributed by atoms with Crippen LogP contribution < -0.4 is 0 Å². The SMILES string of the molecule is Cc1cc(S(=O)O)c([N+](=O)[O-])s1. The molecular formula is C5H5NO4S2. The zero-order chi connectivity index (χ0) is 9.30. The number of hydrogen-bond acceptors (Lipinski definition) is 4. The van der Waals surface area contributed by atoms with Gasteiger partial charge in [0.25, 0.3) is 0 Å². The second-order valence-electron chi connectivity index (χ2n) is 2.03. The zero-order valence-electron chi connectivity index (χ0n) is 6.01. The molecule has 0 aliphatic heterocycles. The van der Waals surface area contributed by atoms with E-state index in [-0.39, 0.29) is 9.90 Å². The van der Waals surface area contributed by atoms with Gasteiger partial charge in [-0.15, -0.1) is 0 Å². The van der Waals surface area contributed by atoms with E-state index in [4.69, 9.17) is 4.55 Å². The molecule has 5 nitrogen and oxygen atoms in total. The third-order valence-electron chi connectivity index (χ3n) is 1.16. The summed E-state index contributed by atoms with van der Waals surface area (Å²) in [5.41, 5.74) is 0. The van der Waals surface area contributed by atoms with Crippen molar-refractivity contribution >= 4 is 27.4 Å². The Labute approximate surface area is 74.5 Å². The first kappa shape index (κ1) is 9.30. The number of hydrogen-bond donors (Lipinski definition) is 1. The molecule has 0 aliphatic carbocycles. The van der Waals surface area contributed by atoms with Crippen LogP contribution in [0.4, 0.5) is 5.00 Å². The summed E-state index contributed by atoms with van der Waals surface area (Å²) in [6, 6.07) is 1.35. The van der Waals surface area contributed by atoms with Crippen LogP contribution in [0.1, 0.15) is 4.88 Å². The van der Waals surface area contributed by atoms with Gasteiger partial charge in [0.1, 0.15) is 0 Å². The van der Waals surface area contributed by atoms with E-state index in [1.165, 1.54) is 6.07 Å². The van der Waals surface area contributed by atoms with Crippen LogP contribution in [-0.4, -0.2) is 13.7 Å². The highest BCUT2D eigenvalue weighted by molar-refractivity contribution is 7.79. The highest BCUT2D eigenvalue weighted by Crippen LogP contribution is 2.31. The van der Waals surface area contributed by atoms with E-state index in [9.17, 15) is 14.3 Å². The predicted octanol–water partition coefficient (Wildman–Crippen LogP) is 1.55. The number of aryl methyl sites for hydroxylation is 1. The summed E-state index contributed by atoms with van der Waals surface area (Å²) in [5, 5.41) is 10.1. The molecule has 0 aliphatic rings. The molecule has 66 valence electrons. The van der Waals surface area contributed by atoms with Crippen LogP contribution in [0.2, 0.25) is 0 Å². The lowest BCUT2D eigenvalue weighted by Crippen LogP contribution is -1.92. The molecule has 1 atom stereocenters. The van der Waals surface area contributed by atoms with E-state index in [0.717, 1.165) is 11.3 Å². The van der Waals surface area contributed by atoms with E-state index in [0.29, 0.717) is 4.88 Å². The second kappa shape index (κ2) is 3.30. The summed E-state index contributed by atoms with van der Waals surface area (Å²) in [7, 11) is 0. The molecule has 0 aromatic carbocycles. The van der Waals surface area contributed by atoms with Crippen LogP contribution in [0, 0.1) is 17.0 Å². The number of nitrogens with zero attached hydrogens (tertiary/aromatic N) is 1. The van der Waals surface area contributed by atoms with Crippen LogP contribution in [-0.2, 0) is 11.1 Å². The van der Waals surface area contributed by atoms with Crippen molar-refractivity contribution in [3.8, 4) is 0 Å². The van der Waals surface area contributed by atoms with Gasteiger partial charge in [-0.05, 0) is 13.0 Å². The molecule has 1 aromatic heterocycles. The Morgan fingerprint density at radius 2 is 2.33 bits per heavy atom. The standard InChI is InChI=1S/C5H5NO4S2/c1-3-2-4(12(9)10)5(11-3)6(7)8/h2H,1H3,(H,9,10). The van der Waals surface area contributed by atoms with Crippen molar-refractivity contribution in [2.75, 3.05) is 0 Å². The lowest BCUT2D eigenvalue weighted by Gasteiger charge is -1.87. The van der Waals surface area contributed by atoms with Crippen molar-refractivity contribution < 1.29 is 13.7 Å². The highest BCUT2D eigenvalue weighted by Gasteiger charge is 2.21. The fourth-order valence-electron chi connectivity index (χ4n) is 0.731. The lowest BCUT2D eigenvalue weighted by atomic mass is 10.5. The van der Waals surface area contributed by atoms with Gasteiger partial charge in [-0.2, -0.15) is 0 Å². The molecular weight excluding hydrogens is 202 g/mol. The molecule has 0 bridgehead atoms. The number of thiophene rings is 1. The maximum atomic E-state index is 10.6. The van der Waals surface area contributed by atoms with Crippen molar-refractivity contribution in [3.63, 3.8) is 0 Å². The van der Waals surface area contributed by atoms with Crippen LogP contribution in [0.5, 0.6) is 0 Å². The predicted molar refractivity (Wildman–Crippen MR) is 44.7 cm³/mol. The molecule has 7 heteroatoms. The summed E-state index contributed by atoms with van der Waals surface area (Å²) < 4.78 is 19.2. The van der Waals surface area contributed by atoms with E-state index < -0.39 is 16.0 Å². The van der Waals surface area contributed by atoms with Crippen molar-refractivity contribution in [3.05, 3.63) is 21.1 Å². The Morgan fingerprint density at radius 1 is 1.75 bits per heavy atom. The average molecular weight is 207 g/mol. The monoisotopic (exact) mass is 207 g/mol. The van der Waals surface area contributed by atoms with Crippen molar-refractivity contribution in [1.82, 2.24) is 0 Å². The Balaban J connectivity index is 3.26. The quantitative estimate of drug-likeness (QED) is 0.453. The summed E-state index contributed by atoms with van der Waals surface area (Å²) in [6.45, 7) is 1.65. The van der Waals surface area contributed by atoms with Crippen molar-refractivity contribution in [2.45, 2.75) is 11.8 Å². The van der Waals surface area contributed by atoms with Gasteiger partial charge >= 0.3 is 5.00 Å². The fraction of sp³-hybridized carbons (Fsp3) is 0.200. The molecule has 12 heavy (non-hydrogen) atoms. The van der Waals surface area contributed by atoms with E-state index in [2.05, 4.69) is 0 Å². The van der Waals surface area contributed by atoms with E-state index in [1.54, 1.807) is 6.92 Å². The van der Waals surface area contributed by atoms with Gasteiger partial charge in [-0.1, -0.05) is 11.3 Å². The molecule has 0 radical (unpaired) electrons. The normalized spacial score (nSPS) is 12.8. The maximum Gasteiger partial charge on any atom is 0.342 e. The van der Waals surface area contributed by atoms with Gasteiger partial charge in [-0.25, -0.2) is 4.21 Å². The second-order valence-corrected chi connectivity index (χ2v) is 4.21. The fourth-order valence-corrected chi connectivity index (χ4v) is 2.36. The van der Waals surface area contributed by atoms with Gasteiger partial charge < -0.3 is 4.55 Å². The van der Waals surface area contributed by atoms with Gasteiger partial charge in [0.15, 0.2) is 16.0 Å². The summed E-state index contributed by atoms with van der Waals surface area (Å²) >= 11 is -1.37. The molecule has 1 N–H and O–H groups in total. The third-order valence-corrected chi connectivity index (χ3v) is 2.98. The molecule has 1 rings (SSSR count). The van der Waals surface area contributed by atoms with Crippen LogP contribution in [0.15, 0.2) is 11.0 Å². The first-order chi connectivity index (χ1) is 5.52. The summed E-state index contributed by atoms with van der Waals surface area (Å²) in [4.78, 5) is 10.2. The first-order valence-electron chi connectivity index (χ1n) is 2.88. The largest absolute Gasteiger partial charge is 0.342 e. The van der Waals surface area contributed by atoms with Gasteiger partial charge in [0.05, 0.1) is 4.92 Å². The highest BCUT2D eigenvalue weighted by atomic mass is 32.2. The third kappa shape index (κ3) is 1.68. The average Bonchev–Trinajstić information content (AvgIpc) is 2.31. The Bertz CT molecular complexity index is 314. The van der Waals surface area contributed by atoms with Crippen LogP contribution in [0.25, 0.3) is 0 Å². The van der Waals surface area contributed by atoms with Crippen molar-refractivity contribution in [2.24, 2.45) is 0 Å². The minimum atomic E-state index is -2.27. The molecule has 0 amide bonds. The topological polar surface area (TPSA) is 80.4 Å². The molecule has 1 unspecified atom stereocenters. The van der Waals surface area contributed by atoms with E-state index in [1.807, 2.05) is 0 Å². The number of nitro groups is 1. The first-order valence-corrected chi connectivity index (χ1v) is 4.80. The minimum absolute atomic E-state index is 0.123. The number of rotatable bonds is 2. The Hall–Kier alpha value is -0.790. The molecule has 1 aromatic rings. The maximum absolute atomic E-state index is 10.6. The minimum Gasteiger partial charge on any atom is -0.302 e. The lowest BCUT2D eigenvalue weighted by molar-refractivity contribution is -0.383. The molecule has 0 saturated heterocycles. The van der Waals surface area contributed by atoms with Gasteiger partial charge in [0, 0.05) is 4.88 Å². The Kier molecular flexibility index (Phi) is 2.55. The molecule has 0 saturated carbocycles. The van der Waals surface area contributed by atoms with Crippen LogP contribution in [0.3, 0.4) is 0 Å². The van der Waals surface area contributed by atoms with E-state index >= 15 is 0 Å². The van der Waals surface area contributed by atoms with Crippen LogP contribution >= 0.6 is 11.3 Å². The molecule has 0 spiro atoms. The van der Waals surface area contributed by atoms with Gasteiger partial charge in [-0.3, -0.25) is 10.1 Å². The van der Waals surface area contributed by atoms with Gasteiger partial charge in [0.2, 0.25) is 0 Å². The smallest absolute Gasteiger partial charge is 0.302 e. The molecule has 0 fully saturated rings. The summed E-state index contributed by atoms with van der Waals surface area (Å²) in [6.07, 6.45) is 0. The Morgan fingerprint density at radius 3 is 2.67 bits per heavy atom. The summed E-state index contributed by atoms with van der Waals surface area (Å²) in [5.74, 6) is 0. The molecule has 1 heterocycles.